The zero-order chi connectivity index (χ0) is 11.7. The molecule has 0 unspecified atom stereocenters. The molecule has 0 rings (SSSR count). The van der Waals surface area contributed by atoms with Gasteiger partial charge in [0.05, 0.1) is 12.6 Å². The van der Waals surface area contributed by atoms with E-state index in [1.54, 1.807) is 11.8 Å². The molecule has 0 bridgehead atoms. The first-order chi connectivity index (χ1) is 7.11. The van der Waals surface area contributed by atoms with E-state index in [2.05, 4.69) is 10.6 Å². The van der Waals surface area contributed by atoms with E-state index in [9.17, 15) is 9.59 Å². The summed E-state index contributed by atoms with van der Waals surface area (Å²) >= 11 is 1.64. The highest BCUT2D eigenvalue weighted by atomic mass is 32.2. The predicted octanol–water partition coefficient (Wildman–Crippen LogP) is -0.681. The van der Waals surface area contributed by atoms with Gasteiger partial charge in [-0.05, 0) is 25.4 Å². The van der Waals surface area contributed by atoms with Crippen LogP contribution in [0.1, 0.15) is 13.3 Å². The van der Waals surface area contributed by atoms with Gasteiger partial charge in [-0.15, -0.1) is 0 Å². The largest absolute Gasteiger partial charge is 0.355 e. The fraction of sp³-hybridized carbons (Fsp3) is 0.778. The number of thioether (sulfide) groups is 1. The fourth-order valence-electron chi connectivity index (χ4n) is 0.934. The third-order valence-corrected chi connectivity index (χ3v) is 2.41. The fourth-order valence-corrected chi connectivity index (χ4v) is 1.42. The summed E-state index contributed by atoms with van der Waals surface area (Å²) in [6, 6.07) is -0.521. The lowest BCUT2D eigenvalue weighted by molar-refractivity contribution is -0.126. The van der Waals surface area contributed by atoms with E-state index >= 15 is 0 Å². The van der Waals surface area contributed by atoms with Crippen LogP contribution in [0.25, 0.3) is 0 Å². The van der Waals surface area contributed by atoms with Crippen molar-refractivity contribution in [3.63, 3.8) is 0 Å². The average molecular weight is 233 g/mol. The lowest BCUT2D eigenvalue weighted by Gasteiger charge is -2.11. The predicted molar refractivity (Wildman–Crippen MR) is 62.7 cm³/mol. The van der Waals surface area contributed by atoms with Crippen LogP contribution in [0, 0.1) is 0 Å². The van der Waals surface area contributed by atoms with Gasteiger partial charge >= 0.3 is 0 Å². The second-order valence-electron chi connectivity index (χ2n) is 3.06. The second-order valence-corrected chi connectivity index (χ2v) is 4.04. The molecular weight excluding hydrogens is 214 g/mol. The summed E-state index contributed by atoms with van der Waals surface area (Å²) in [6.07, 6.45) is 2.59. The molecule has 0 aromatic heterocycles. The molecule has 0 aliphatic heterocycles. The maximum Gasteiger partial charge on any atom is 0.239 e. The highest BCUT2D eigenvalue weighted by molar-refractivity contribution is 7.98. The molecular formula is C9H19N3O2S. The van der Waals surface area contributed by atoms with Crippen LogP contribution >= 0.6 is 11.8 Å². The molecule has 15 heavy (non-hydrogen) atoms. The van der Waals surface area contributed by atoms with Gasteiger partial charge in [-0.1, -0.05) is 0 Å². The van der Waals surface area contributed by atoms with Gasteiger partial charge < -0.3 is 16.4 Å². The Bertz CT molecular complexity index is 212. The summed E-state index contributed by atoms with van der Waals surface area (Å²) in [5, 5.41) is 5.08. The van der Waals surface area contributed by atoms with Gasteiger partial charge in [0.25, 0.3) is 0 Å². The molecule has 0 aliphatic rings. The Morgan fingerprint density at radius 1 is 1.40 bits per heavy atom. The zero-order valence-corrected chi connectivity index (χ0v) is 10.0. The van der Waals surface area contributed by atoms with Crippen LogP contribution in [0.5, 0.6) is 0 Å². The lowest BCUT2D eigenvalue weighted by Crippen LogP contribution is -2.45. The van der Waals surface area contributed by atoms with Crippen molar-refractivity contribution in [3.05, 3.63) is 0 Å². The first-order valence-electron chi connectivity index (χ1n) is 4.90. The number of carbonyl (C=O) groups is 2. The Labute approximate surface area is 94.5 Å². The summed E-state index contributed by atoms with van der Waals surface area (Å²) in [5.74, 6) is 0.383. The van der Waals surface area contributed by atoms with Crippen molar-refractivity contribution in [2.24, 2.45) is 5.73 Å². The Kier molecular flexibility index (Phi) is 8.12. The van der Waals surface area contributed by atoms with E-state index in [0.29, 0.717) is 13.0 Å². The van der Waals surface area contributed by atoms with E-state index in [4.69, 9.17) is 5.73 Å². The molecule has 6 heteroatoms. The number of amides is 2. The molecule has 5 nitrogen and oxygen atoms in total. The molecule has 2 amide bonds. The van der Waals surface area contributed by atoms with E-state index in [0.717, 1.165) is 5.75 Å². The standard InChI is InChI=1S/C9H19N3O2S/c1-3-11-8(13)6-12-9(14)7(10)4-5-15-2/h7H,3-6,10H2,1-2H3,(H,11,13)(H,12,14)/t7-/m0/s1. The summed E-state index contributed by atoms with van der Waals surface area (Å²) in [7, 11) is 0. The van der Waals surface area contributed by atoms with Crippen LogP contribution in [-0.4, -0.2) is 43.0 Å². The summed E-state index contributed by atoms with van der Waals surface area (Å²) in [4.78, 5) is 22.3. The summed E-state index contributed by atoms with van der Waals surface area (Å²) < 4.78 is 0. The highest BCUT2D eigenvalue weighted by Crippen LogP contribution is 1.98. The number of likely N-dealkylation sites (N-methyl/N-ethyl adjacent to an activating group) is 1. The minimum absolute atomic E-state index is 0.000356. The quantitative estimate of drug-likeness (QED) is 0.544. The third-order valence-electron chi connectivity index (χ3n) is 1.77. The first-order valence-corrected chi connectivity index (χ1v) is 6.30. The lowest BCUT2D eigenvalue weighted by atomic mass is 10.2. The maximum atomic E-state index is 11.3. The number of nitrogens with two attached hydrogens (primary N) is 1. The molecule has 0 fully saturated rings. The van der Waals surface area contributed by atoms with Gasteiger partial charge in [0, 0.05) is 6.54 Å². The Morgan fingerprint density at radius 2 is 2.07 bits per heavy atom. The van der Waals surface area contributed by atoms with Crippen molar-refractivity contribution >= 4 is 23.6 Å². The van der Waals surface area contributed by atoms with Crippen LogP contribution in [0.3, 0.4) is 0 Å². The number of rotatable bonds is 7. The van der Waals surface area contributed by atoms with Crippen LogP contribution in [0.2, 0.25) is 0 Å². The Morgan fingerprint density at radius 3 is 2.60 bits per heavy atom. The van der Waals surface area contributed by atoms with Gasteiger partial charge in [0.15, 0.2) is 0 Å². The molecule has 0 radical (unpaired) electrons. The third kappa shape index (κ3) is 7.21. The molecule has 88 valence electrons. The van der Waals surface area contributed by atoms with Crippen molar-refractivity contribution in [2.75, 3.05) is 25.1 Å². The highest BCUT2D eigenvalue weighted by Gasteiger charge is 2.13. The average Bonchev–Trinajstić information content (AvgIpc) is 2.22. The molecule has 0 spiro atoms. The minimum atomic E-state index is -0.521. The summed E-state index contributed by atoms with van der Waals surface area (Å²) in [5.41, 5.74) is 5.61. The van der Waals surface area contributed by atoms with Crippen molar-refractivity contribution in [1.29, 1.82) is 0 Å². The normalized spacial score (nSPS) is 11.9. The smallest absolute Gasteiger partial charge is 0.239 e. The molecule has 0 aromatic rings. The number of nitrogens with one attached hydrogen (secondary N) is 2. The zero-order valence-electron chi connectivity index (χ0n) is 9.21. The minimum Gasteiger partial charge on any atom is -0.355 e. The van der Waals surface area contributed by atoms with Gasteiger partial charge in [-0.2, -0.15) is 11.8 Å². The number of hydrogen-bond acceptors (Lipinski definition) is 4. The number of carbonyl (C=O) groups excluding carboxylic acids is 2. The molecule has 0 aromatic carbocycles. The molecule has 1 atom stereocenters. The van der Waals surface area contributed by atoms with Gasteiger partial charge in [0.1, 0.15) is 0 Å². The molecule has 0 saturated carbocycles. The van der Waals surface area contributed by atoms with E-state index in [-0.39, 0.29) is 18.4 Å². The maximum absolute atomic E-state index is 11.3. The SMILES string of the molecule is CCNC(=O)CNC(=O)[C@@H](N)CCSC. The van der Waals surface area contributed by atoms with Crippen LogP contribution < -0.4 is 16.4 Å². The van der Waals surface area contributed by atoms with Crippen LogP contribution in [0.4, 0.5) is 0 Å². The van der Waals surface area contributed by atoms with Crippen LogP contribution in [0.15, 0.2) is 0 Å². The van der Waals surface area contributed by atoms with Crippen molar-refractivity contribution in [2.45, 2.75) is 19.4 Å². The van der Waals surface area contributed by atoms with E-state index in [1.165, 1.54) is 0 Å². The van der Waals surface area contributed by atoms with Crippen LogP contribution in [-0.2, 0) is 9.59 Å². The van der Waals surface area contributed by atoms with Gasteiger partial charge in [-0.3, -0.25) is 9.59 Å². The van der Waals surface area contributed by atoms with Crippen molar-refractivity contribution in [1.82, 2.24) is 10.6 Å². The number of hydrogen-bond donors (Lipinski definition) is 3. The van der Waals surface area contributed by atoms with E-state index in [1.807, 2.05) is 13.2 Å². The molecule has 0 aliphatic carbocycles. The summed E-state index contributed by atoms with van der Waals surface area (Å²) in [6.45, 7) is 2.39. The topological polar surface area (TPSA) is 84.2 Å². The Hall–Kier alpha value is -0.750. The monoisotopic (exact) mass is 233 g/mol. The second kappa shape index (κ2) is 8.55. The molecule has 0 saturated heterocycles. The van der Waals surface area contributed by atoms with Gasteiger partial charge in [-0.25, -0.2) is 0 Å². The molecule has 0 heterocycles. The Balaban J connectivity index is 3.68. The van der Waals surface area contributed by atoms with Crippen molar-refractivity contribution < 1.29 is 9.59 Å². The van der Waals surface area contributed by atoms with Gasteiger partial charge in [0.2, 0.25) is 11.8 Å². The first kappa shape index (κ1) is 14.2. The van der Waals surface area contributed by atoms with Crippen molar-refractivity contribution in [3.8, 4) is 0 Å². The molecule has 4 N–H and O–H groups in total. The van der Waals surface area contributed by atoms with E-state index < -0.39 is 6.04 Å².